The highest BCUT2D eigenvalue weighted by Crippen LogP contribution is 2.16. The first kappa shape index (κ1) is 21.7. The summed E-state index contributed by atoms with van der Waals surface area (Å²) < 4.78 is 29.4. The fourth-order valence-electron chi connectivity index (χ4n) is 3.05. The average Bonchev–Trinajstić information content (AvgIpc) is 3.29. The van der Waals surface area contributed by atoms with E-state index in [0.717, 1.165) is 18.5 Å². The van der Waals surface area contributed by atoms with E-state index in [4.69, 9.17) is 0 Å². The van der Waals surface area contributed by atoms with Gasteiger partial charge in [0.25, 0.3) is 0 Å². The van der Waals surface area contributed by atoms with E-state index in [1.54, 1.807) is 42.9 Å². The van der Waals surface area contributed by atoms with E-state index in [1.165, 1.54) is 4.31 Å². The van der Waals surface area contributed by atoms with Crippen LogP contribution in [0.15, 0.2) is 84.3 Å². The van der Waals surface area contributed by atoms with Gasteiger partial charge in [-0.05, 0) is 30.5 Å². The van der Waals surface area contributed by atoms with Crippen molar-refractivity contribution >= 4 is 15.9 Å². The second-order valence-electron chi connectivity index (χ2n) is 6.89. The van der Waals surface area contributed by atoms with Crippen LogP contribution in [-0.2, 0) is 27.8 Å². The van der Waals surface area contributed by atoms with Crippen molar-refractivity contribution in [2.45, 2.75) is 24.3 Å². The number of imidazole rings is 1. The third kappa shape index (κ3) is 6.27. The molecule has 8 heteroatoms. The molecule has 0 aliphatic rings. The molecule has 0 saturated carbocycles. The van der Waals surface area contributed by atoms with E-state index in [1.807, 2.05) is 41.1 Å². The zero-order chi connectivity index (χ0) is 21.2. The summed E-state index contributed by atoms with van der Waals surface area (Å²) in [6, 6.07) is 17.9. The number of carbonyl (C=O) groups excluding carboxylic acids is 1. The minimum Gasteiger partial charge on any atom is -0.355 e. The molecular weight excluding hydrogens is 400 g/mol. The van der Waals surface area contributed by atoms with Crippen LogP contribution in [0.5, 0.6) is 0 Å². The van der Waals surface area contributed by atoms with E-state index < -0.39 is 10.0 Å². The number of aryl methyl sites for hydroxylation is 1. The van der Waals surface area contributed by atoms with Crippen LogP contribution in [0.1, 0.15) is 12.0 Å². The maximum Gasteiger partial charge on any atom is 0.243 e. The van der Waals surface area contributed by atoms with Gasteiger partial charge in [-0.2, -0.15) is 4.31 Å². The summed E-state index contributed by atoms with van der Waals surface area (Å²) >= 11 is 0. The molecule has 1 amide bonds. The molecule has 0 bridgehead atoms. The third-order valence-corrected chi connectivity index (χ3v) is 6.53. The van der Waals surface area contributed by atoms with Crippen molar-refractivity contribution in [1.29, 1.82) is 0 Å². The molecule has 7 nitrogen and oxygen atoms in total. The van der Waals surface area contributed by atoms with Gasteiger partial charge in [0.15, 0.2) is 0 Å². The highest BCUT2D eigenvalue weighted by molar-refractivity contribution is 7.89. The Kier molecular flexibility index (Phi) is 7.75. The first-order chi connectivity index (χ1) is 14.6. The summed E-state index contributed by atoms with van der Waals surface area (Å²) in [5, 5.41) is 2.82. The summed E-state index contributed by atoms with van der Waals surface area (Å²) in [7, 11) is -3.77. The highest BCUT2D eigenvalue weighted by atomic mass is 32.2. The van der Waals surface area contributed by atoms with Gasteiger partial charge >= 0.3 is 0 Å². The number of hydrogen-bond donors (Lipinski definition) is 1. The SMILES string of the molecule is O=C(CN(CCc1ccccc1)S(=O)(=O)c1ccccc1)NCCCn1ccnc1. The van der Waals surface area contributed by atoms with Gasteiger partial charge in [-0.1, -0.05) is 48.5 Å². The Hall–Kier alpha value is -2.97. The molecule has 158 valence electrons. The molecule has 3 aromatic rings. The number of carbonyl (C=O) groups is 1. The molecule has 0 aliphatic carbocycles. The quantitative estimate of drug-likeness (QED) is 0.477. The van der Waals surface area contributed by atoms with Crippen molar-refractivity contribution in [2.24, 2.45) is 0 Å². The van der Waals surface area contributed by atoms with Gasteiger partial charge in [-0.3, -0.25) is 4.79 Å². The summed E-state index contributed by atoms with van der Waals surface area (Å²) in [5.41, 5.74) is 1.02. The van der Waals surface area contributed by atoms with Crippen molar-refractivity contribution in [3.05, 3.63) is 84.9 Å². The minimum absolute atomic E-state index is 0.186. The van der Waals surface area contributed by atoms with E-state index >= 15 is 0 Å². The first-order valence-electron chi connectivity index (χ1n) is 9.87. The third-order valence-electron chi connectivity index (χ3n) is 4.67. The van der Waals surface area contributed by atoms with Gasteiger partial charge in [0.1, 0.15) is 0 Å². The molecule has 0 spiro atoms. The number of aromatic nitrogens is 2. The van der Waals surface area contributed by atoms with Gasteiger partial charge in [0, 0.05) is 32.0 Å². The Morgan fingerprint density at radius 2 is 1.73 bits per heavy atom. The zero-order valence-corrected chi connectivity index (χ0v) is 17.5. The van der Waals surface area contributed by atoms with Crippen molar-refractivity contribution in [2.75, 3.05) is 19.6 Å². The van der Waals surface area contributed by atoms with E-state index in [-0.39, 0.29) is 23.9 Å². The lowest BCUT2D eigenvalue weighted by Crippen LogP contribution is -2.42. The second kappa shape index (κ2) is 10.7. The Morgan fingerprint density at radius 1 is 1.03 bits per heavy atom. The molecule has 0 atom stereocenters. The van der Waals surface area contributed by atoms with Gasteiger partial charge in [-0.25, -0.2) is 13.4 Å². The van der Waals surface area contributed by atoms with Crippen LogP contribution >= 0.6 is 0 Å². The zero-order valence-electron chi connectivity index (χ0n) is 16.7. The molecule has 30 heavy (non-hydrogen) atoms. The number of sulfonamides is 1. The molecule has 0 aliphatic heterocycles. The maximum absolute atomic E-state index is 13.1. The number of benzene rings is 2. The fourth-order valence-corrected chi connectivity index (χ4v) is 4.47. The molecule has 3 rings (SSSR count). The molecule has 0 saturated heterocycles. The molecule has 0 unspecified atom stereocenters. The van der Waals surface area contributed by atoms with Crippen LogP contribution in [0.2, 0.25) is 0 Å². The molecule has 1 aromatic heterocycles. The van der Waals surface area contributed by atoms with Gasteiger partial charge in [0.05, 0.1) is 17.8 Å². The summed E-state index contributed by atoms with van der Waals surface area (Å²) in [6.45, 7) is 1.22. The Balaban J connectivity index is 1.61. The van der Waals surface area contributed by atoms with Crippen molar-refractivity contribution in [1.82, 2.24) is 19.2 Å². The van der Waals surface area contributed by atoms with E-state index in [2.05, 4.69) is 10.3 Å². The Morgan fingerprint density at radius 3 is 2.40 bits per heavy atom. The number of nitrogens with zero attached hydrogens (tertiary/aromatic N) is 3. The van der Waals surface area contributed by atoms with Crippen LogP contribution in [0.4, 0.5) is 0 Å². The van der Waals surface area contributed by atoms with Crippen LogP contribution in [0.3, 0.4) is 0 Å². The van der Waals surface area contributed by atoms with Crippen LogP contribution in [-0.4, -0.2) is 47.8 Å². The van der Waals surface area contributed by atoms with Crippen molar-refractivity contribution in [3.63, 3.8) is 0 Å². The standard InChI is InChI=1S/C22H26N4O3S/c27-22(24-13-7-15-25-17-14-23-19-25)18-26(16-12-20-8-3-1-4-9-20)30(28,29)21-10-5-2-6-11-21/h1-6,8-11,14,17,19H,7,12-13,15-16,18H2,(H,24,27). The smallest absolute Gasteiger partial charge is 0.243 e. The predicted octanol–water partition coefficient (Wildman–Crippen LogP) is 2.32. The molecule has 1 N–H and O–H groups in total. The average molecular weight is 427 g/mol. The lowest BCUT2D eigenvalue weighted by Gasteiger charge is -2.22. The number of rotatable bonds is 11. The molecule has 0 fully saturated rings. The molecule has 1 heterocycles. The largest absolute Gasteiger partial charge is 0.355 e. The molecular formula is C22H26N4O3S. The first-order valence-corrected chi connectivity index (χ1v) is 11.3. The molecule has 0 radical (unpaired) electrons. The normalized spacial score (nSPS) is 11.5. The fraction of sp³-hybridized carbons (Fsp3) is 0.273. The van der Waals surface area contributed by atoms with Gasteiger partial charge < -0.3 is 9.88 Å². The van der Waals surface area contributed by atoms with Crippen LogP contribution in [0.25, 0.3) is 0 Å². The Bertz CT molecular complexity index is 1010. The van der Waals surface area contributed by atoms with Gasteiger partial charge in [-0.15, -0.1) is 0 Å². The predicted molar refractivity (Wildman–Crippen MR) is 115 cm³/mol. The number of nitrogens with one attached hydrogen (secondary N) is 1. The summed E-state index contributed by atoms with van der Waals surface area (Å²) in [6.07, 6.45) is 6.55. The minimum atomic E-state index is -3.77. The number of amides is 1. The molecule has 2 aromatic carbocycles. The monoisotopic (exact) mass is 426 g/mol. The lowest BCUT2D eigenvalue weighted by atomic mass is 10.1. The Labute approximate surface area is 177 Å². The van der Waals surface area contributed by atoms with Crippen LogP contribution in [0, 0.1) is 0 Å². The topological polar surface area (TPSA) is 84.3 Å². The maximum atomic E-state index is 13.1. The van der Waals surface area contributed by atoms with Crippen molar-refractivity contribution in [3.8, 4) is 0 Å². The summed E-state index contributed by atoms with van der Waals surface area (Å²) in [4.78, 5) is 16.6. The van der Waals surface area contributed by atoms with Crippen molar-refractivity contribution < 1.29 is 13.2 Å². The van der Waals surface area contributed by atoms with E-state index in [0.29, 0.717) is 13.0 Å². The van der Waals surface area contributed by atoms with E-state index in [9.17, 15) is 13.2 Å². The van der Waals surface area contributed by atoms with Crippen LogP contribution < -0.4 is 5.32 Å². The second-order valence-corrected chi connectivity index (χ2v) is 8.83. The van der Waals surface area contributed by atoms with Gasteiger partial charge in [0.2, 0.25) is 15.9 Å². The number of hydrogen-bond acceptors (Lipinski definition) is 4. The lowest BCUT2D eigenvalue weighted by molar-refractivity contribution is -0.121. The summed E-state index contributed by atoms with van der Waals surface area (Å²) in [5.74, 6) is -0.312. The highest BCUT2D eigenvalue weighted by Gasteiger charge is 2.26.